The monoisotopic (exact) mass is 346 g/mol. The zero-order valence-corrected chi connectivity index (χ0v) is 14.8. The van der Waals surface area contributed by atoms with E-state index < -0.39 is 5.97 Å². The Morgan fingerprint density at radius 2 is 2.08 bits per heavy atom. The topological polar surface area (TPSA) is 87.9 Å². The van der Waals surface area contributed by atoms with E-state index in [0.717, 1.165) is 5.69 Å². The van der Waals surface area contributed by atoms with Gasteiger partial charge in [-0.1, -0.05) is 6.07 Å². The Hall–Kier alpha value is -3.46. The third-order valence-corrected chi connectivity index (χ3v) is 3.69. The van der Waals surface area contributed by atoms with E-state index in [1.165, 1.54) is 6.20 Å². The molecule has 26 heavy (non-hydrogen) atoms. The van der Waals surface area contributed by atoms with Crippen LogP contribution in [0.15, 0.2) is 42.6 Å². The molecule has 3 aromatic rings. The van der Waals surface area contributed by atoms with Gasteiger partial charge in [-0.25, -0.2) is 14.8 Å². The molecule has 6 heteroatoms. The van der Waals surface area contributed by atoms with Gasteiger partial charge in [0.05, 0.1) is 23.4 Å². The van der Waals surface area contributed by atoms with Gasteiger partial charge in [0.15, 0.2) is 5.65 Å². The van der Waals surface area contributed by atoms with Crippen LogP contribution in [0.1, 0.15) is 35.5 Å². The smallest absolute Gasteiger partial charge is 0.342 e. The Labute approximate surface area is 151 Å². The van der Waals surface area contributed by atoms with Crippen molar-refractivity contribution >= 4 is 28.4 Å². The molecule has 0 fully saturated rings. The van der Waals surface area contributed by atoms with Crippen molar-refractivity contribution < 1.29 is 9.53 Å². The van der Waals surface area contributed by atoms with Crippen molar-refractivity contribution in [1.29, 1.82) is 5.26 Å². The summed E-state index contributed by atoms with van der Waals surface area (Å²) in [7, 11) is 0. The second kappa shape index (κ2) is 7.19. The van der Waals surface area contributed by atoms with Crippen molar-refractivity contribution in [2.75, 3.05) is 5.32 Å². The van der Waals surface area contributed by atoms with Crippen LogP contribution in [0.3, 0.4) is 0 Å². The molecule has 130 valence electrons. The lowest BCUT2D eigenvalue weighted by molar-refractivity contribution is 0.0379. The van der Waals surface area contributed by atoms with Crippen LogP contribution < -0.4 is 5.32 Å². The molecule has 6 nitrogen and oxygen atoms in total. The number of esters is 1. The summed E-state index contributed by atoms with van der Waals surface area (Å²) in [4.78, 5) is 21.2. The van der Waals surface area contributed by atoms with E-state index in [0.29, 0.717) is 33.5 Å². The first-order chi connectivity index (χ1) is 12.5. The number of rotatable bonds is 4. The Bertz CT molecular complexity index is 1020. The summed E-state index contributed by atoms with van der Waals surface area (Å²) in [5.74, 6) is -0.464. The summed E-state index contributed by atoms with van der Waals surface area (Å²) >= 11 is 0. The number of nitrogens with one attached hydrogen (secondary N) is 1. The highest BCUT2D eigenvalue weighted by Gasteiger charge is 2.19. The Morgan fingerprint density at radius 3 is 2.81 bits per heavy atom. The fourth-order valence-electron chi connectivity index (χ4n) is 2.55. The van der Waals surface area contributed by atoms with E-state index in [4.69, 9.17) is 10.00 Å². The number of pyridine rings is 2. The molecule has 0 radical (unpaired) electrons. The summed E-state index contributed by atoms with van der Waals surface area (Å²) in [5.41, 5.74) is 3.46. The SMILES string of the molecule is Cc1ccc2c(Nc3cccc(C#N)c3)c(C(=O)OC(C)C)cnc2n1. The number of ether oxygens (including phenoxy) is 1. The number of carbonyl (C=O) groups is 1. The molecule has 1 N–H and O–H groups in total. The number of benzene rings is 1. The number of anilines is 2. The fourth-order valence-corrected chi connectivity index (χ4v) is 2.55. The minimum atomic E-state index is -0.464. The van der Waals surface area contributed by atoms with E-state index in [-0.39, 0.29) is 6.10 Å². The molecule has 0 bridgehead atoms. The number of nitrogens with zero attached hydrogens (tertiary/aromatic N) is 3. The van der Waals surface area contributed by atoms with E-state index >= 15 is 0 Å². The lowest BCUT2D eigenvalue weighted by Crippen LogP contribution is -2.14. The highest BCUT2D eigenvalue weighted by molar-refractivity contribution is 6.05. The fraction of sp³-hybridized carbons (Fsp3) is 0.200. The van der Waals surface area contributed by atoms with Crippen LogP contribution in [0.2, 0.25) is 0 Å². The van der Waals surface area contributed by atoms with Gasteiger partial charge in [0.1, 0.15) is 5.56 Å². The van der Waals surface area contributed by atoms with Crippen LogP contribution in [0.4, 0.5) is 11.4 Å². The van der Waals surface area contributed by atoms with Gasteiger partial charge in [0, 0.05) is 23.0 Å². The molecule has 0 saturated carbocycles. The van der Waals surface area contributed by atoms with Gasteiger partial charge in [-0.2, -0.15) is 5.26 Å². The quantitative estimate of drug-likeness (QED) is 0.715. The number of hydrogen-bond donors (Lipinski definition) is 1. The zero-order chi connectivity index (χ0) is 18.7. The number of hydrogen-bond acceptors (Lipinski definition) is 6. The number of aromatic nitrogens is 2. The molecule has 2 heterocycles. The minimum Gasteiger partial charge on any atom is -0.459 e. The standard InChI is InChI=1S/C20H18N4O2/c1-12(2)26-20(25)17-11-22-19-16(8-7-13(3)23-19)18(17)24-15-6-4-5-14(9-15)10-21/h4-9,11-12H,1-3H3,(H,22,23,24). The summed E-state index contributed by atoms with van der Waals surface area (Å²) < 4.78 is 5.34. The molecule has 0 aliphatic rings. The average Bonchev–Trinajstić information content (AvgIpc) is 2.61. The van der Waals surface area contributed by atoms with Gasteiger partial charge in [-0.3, -0.25) is 0 Å². The van der Waals surface area contributed by atoms with Crippen molar-refractivity contribution in [2.45, 2.75) is 26.9 Å². The first kappa shape index (κ1) is 17.4. The molecule has 0 spiro atoms. The average molecular weight is 346 g/mol. The predicted molar refractivity (Wildman–Crippen MR) is 99.3 cm³/mol. The minimum absolute atomic E-state index is 0.246. The van der Waals surface area contributed by atoms with Gasteiger partial charge < -0.3 is 10.1 Å². The van der Waals surface area contributed by atoms with E-state index in [1.54, 1.807) is 32.0 Å². The maximum atomic E-state index is 12.5. The molecule has 0 amide bonds. The lowest BCUT2D eigenvalue weighted by atomic mass is 10.1. The lowest BCUT2D eigenvalue weighted by Gasteiger charge is -2.15. The summed E-state index contributed by atoms with van der Waals surface area (Å²) in [6.07, 6.45) is 1.22. The van der Waals surface area contributed by atoms with E-state index in [9.17, 15) is 4.79 Å². The van der Waals surface area contributed by atoms with Crippen molar-refractivity contribution in [3.8, 4) is 6.07 Å². The molecule has 0 saturated heterocycles. The Balaban J connectivity index is 2.15. The van der Waals surface area contributed by atoms with Crippen molar-refractivity contribution in [2.24, 2.45) is 0 Å². The van der Waals surface area contributed by atoms with Crippen molar-refractivity contribution in [3.05, 3.63) is 59.4 Å². The normalized spacial score (nSPS) is 10.6. The highest BCUT2D eigenvalue weighted by Crippen LogP contribution is 2.29. The molecular weight excluding hydrogens is 328 g/mol. The number of nitriles is 1. The summed E-state index contributed by atoms with van der Waals surface area (Å²) in [5, 5.41) is 13.0. The highest BCUT2D eigenvalue weighted by atomic mass is 16.5. The van der Waals surface area contributed by atoms with Crippen LogP contribution in [0, 0.1) is 18.3 Å². The molecule has 2 aromatic heterocycles. The second-order valence-corrected chi connectivity index (χ2v) is 6.14. The van der Waals surface area contributed by atoms with Crippen LogP contribution >= 0.6 is 0 Å². The first-order valence-electron chi connectivity index (χ1n) is 8.22. The largest absolute Gasteiger partial charge is 0.459 e. The van der Waals surface area contributed by atoms with E-state index in [2.05, 4.69) is 21.4 Å². The molecule has 0 aliphatic heterocycles. The number of carbonyl (C=O) groups excluding carboxylic acids is 1. The second-order valence-electron chi connectivity index (χ2n) is 6.14. The summed E-state index contributed by atoms with van der Waals surface area (Å²) in [6.45, 7) is 5.47. The molecule has 0 atom stereocenters. The van der Waals surface area contributed by atoms with Crippen molar-refractivity contribution in [1.82, 2.24) is 9.97 Å². The third kappa shape index (κ3) is 3.62. The van der Waals surface area contributed by atoms with Crippen LogP contribution in [0.5, 0.6) is 0 Å². The van der Waals surface area contributed by atoms with Gasteiger partial charge in [0.25, 0.3) is 0 Å². The van der Waals surface area contributed by atoms with Gasteiger partial charge in [-0.05, 0) is 51.1 Å². The van der Waals surface area contributed by atoms with Gasteiger partial charge >= 0.3 is 5.97 Å². The van der Waals surface area contributed by atoms with Crippen LogP contribution in [-0.2, 0) is 4.74 Å². The molecular formula is C20H18N4O2. The third-order valence-electron chi connectivity index (χ3n) is 3.69. The van der Waals surface area contributed by atoms with Crippen LogP contribution in [0.25, 0.3) is 11.0 Å². The molecule has 0 unspecified atom stereocenters. The maximum Gasteiger partial charge on any atom is 0.342 e. The molecule has 0 aliphatic carbocycles. The zero-order valence-electron chi connectivity index (χ0n) is 14.8. The van der Waals surface area contributed by atoms with E-state index in [1.807, 2.05) is 25.1 Å². The molecule has 1 aromatic carbocycles. The number of fused-ring (bicyclic) bond motifs is 1. The van der Waals surface area contributed by atoms with Gasteiger partial charge in [-0.15, -0.1) is 0 Å². The van der Waals surface area contributed by atoms with Crippen LogP contribution in [-0.4, -0.2) is 22.0 Å². The summed E-state index contributed by atoms with van der Waals surface area (Å²) in [6, 6.07) is 12.9. The van der Waals surface area contributed by atoms with Crippen molar-refractivity contribution in [3.63, 3.8) is 0 Å². The Kier molecular flexibility index (Phi) is 4.81. The first-order valence-corrected chi connectivity index (χ1v) is 8.22. The maximum absolute atomic E-state index is 12.5. The van der Waals surface area contributed by atoms with Gasteiger partial charge in [0.2, 0.25) is 0 Å². The number of aryl methyl sites for hydroxylation is 1. The predicted octanol–water partition coefficient (Wildman–Crippen LogP) is 4.12. The molecule has 3 rings (SSSR count). The Morgan fingerprint density at radius 1 is 1.27 bits per heavy atom.